The van der Waals surface area contributed by atoms with Crippen LogP contribution in [0.5, 0.6) is 0 Å². The maximum absolute atomic E-state index is 11.3. The summed E-state index contributed by atoms with van der Waals surface area (Å²) in [6.07, 6.45) is 0.733. The summed E-state index contributed by atoms with van der Waals surface area (Å²) in [7, 11) is 0. The average Bonchev–Trinajstić information content (AvgIpc) is 2.42. The Balaban J connectivity index is 2.58. The quantitative estimate of drug-likeness (QED) is 0.453. The van der Waals surface area contributed by atoms with Crippen LogP contribution >= 0.6 is 23.2 Å². The van der Waals surface area contributed by atoms with E-state index in [0.717, 1.165) is 11.8 Å². The summed E-state index contributed by atoms with van der Waals surface area (Å²) >= 11 is 12.3. The molecule has 2 aromatic rings. The molecule has 2 rings (SSSR count). The smallest absolute Gasteiger partial charge is 0.152 e. The van der Waals surface area contributed by atoms with Gasteiger partial charge in [-0.05, 0) is 11.6 Å². The lowest BCUT2D eigenvalue weighted by molar-refractivity contribution is -0.103. The maximum atomic E-state index is 11.3. The number of benzene rings is 2. The lowest BCUT2D eigenvalue weighted by Crippen LogP contribution is -1.90. The number of allylic oxidation sites excluding steroid dienone is 1. The maximum Gasteiger partial charge on any atom is 0.152 e. The zero-order valence-corrected chi connectivity index (χ0v) is 10.9. The second kappa shape index (κ2) is 5.85. The minimum atomic E-state index is 0.397. The SMILES string of the molecule is O=CC(=C(Cl)c1ccccc1)c1ccccc1Cl. The van der Waals surface area contributed by atoms with Gasteiger partial charge in [-0.15, -0.1) is 0 Å². The molecule has 0 saturated carbocycles. The van der Waals surface area contributed by atoms with Crippen molar-refractivity contribution >= 4 is 40.1 Å². The summed E-state index contributed by atoms with van der Waals surface area (Å²) in [5.41, 5.74) is 1.83. The Labute approximate surface area is 116 Å². The number of halogens is 2. The average molecular weight is 277 g/mol. The van der Waals surface area contributed by atoms with E-state index in [-0.39, 0.29) is 0 Å². The minimum Gasteiger partial charge on any atom is -0.298 e. The third-order valence-corrected chi connectivity index (χ3v) is 3.30. The molecule has 0 aliphatic carbocycles. The van der Waals surface area contributed by atoms with Crippen molar-refractivity contribution in [2.24, 2.45) is 0 Å². The van der Waals surface area contributed by atoms with Gasteiger partial charge >= 0.3 is 0 Å². The molecule has 1 nitrogen and oxygen atoms in total. The molecule has 0 spiro atoms. The van der Waals surface area contributed by atoms with E-state index in [1.54, 1.807) is 12.1 Å². The lowest BCUT2D eigenvalue weighted by atomic mass is 10.0. The van der Waals surface area contributed by atoms with Crippen molar-refractivity contribution in [1.29, 1.82) is 0 Å². The van der Waals surface area contributed by atoms with E-state index in [4.69, 9.17) is 23.2 Å². The van der Waals surface area contributed by atoms with Crippen molar-refractivity contribution in [3.63, 3.8) is 0 Å². The predicted octanol–water partition coefficient (Wildman–Crippen LogP) is 4.65. The molecule has 0 fully saturated rings. The zero-order valence-electron chi connectivity index (χ0n) is 9.44. The second-order valence-corrected chi connectivity index (χ2v) is 4.48. The van der Waals surface area contributed by atoms with Crippen LogP contribution in [0.15, 0.2) is 54.6 Å². The van der Waals surface area contributed by atoms with Crippen LogP contribution in [0.4, 0.5) is 0 Å². The topological polar surface area (TPSA) is 17.1 Å². The third-order valence-electron chi connectivity index (χ3n) is 2.55. The summed E-state index contributed by atoms with van der Waals surface area (Å²) in [6, 6.07) is 16.5. The molecule has 18 heavy (non-hydrogen) atoms. The Bertz CT molecular complexity index is 588. The molecular weight excluding hydrogens is 267 g/mol. The second-order valence-electron chi connectivity index (χ2n) is 3.69. The molecule has 0 aliphatic heterocycles. The van der Waals surface area contributed by atoms with E-state index in [2.05, 4.69) is 0 Å². The van der Waals surface area contributed by atoms with E-state index in [0.29, 0.717) is 21.2 Å². The molecule has 90 valence electrons. The van der Waals surface area contributed by atoms with Crippen molar-refractivity contribution in [1.82, 2.24) is 0 Å². The van der Waals surface area contributed by atoms with Gasteiger partial charge in [-0.2, -0.15) is 0 Å². The highest BCUT2D eigenvalue weighted by Gasteiger charge is 2.11. The van der Waals surface area contributed by atoms with E-state index < -0.39 is 0 Å². The van der Waals surface area contributed by atoms with E-state index in [1.165, 1.54) is 0 Å². The first kappa shape index (κ1) is 12.9. The standard InChI is InChI=1S/C15H10Cl2O/c16-14-9-5-4-8-12(14)13(10-18)15(17)11-6-2-1-3-7-11/h1-10H. The highest BCUT2D eigenvalue weighted by Crippen LogP contribution is 2.31. The molecule has 0 bridgehead atoms. The summed E-state index contributed by atoms with van der Waals surface area (Å²) in [5.74, 6) is 0. The molecule has 0 aliphatic rings. The summed E-state index contributed by atoms with van der Waals surface area (Å²) in [5, 5.41) is 0.910. The lowest BCUT2D eigenvalue weighted by Gasteiger charge is -2.07. The van der Waals surface area contributed by atoms with Gasteiger partial charge in [0.15, 0.2) is 6.29 Å². The van der Waals surface area contributed by atoms with Crippen molar-refractivity contribution in [3.8, 4) is 0 Å². The number of rotatable bonds is 3. The monoisotopic (exact) mass is 276 g/mol. The summed E-state index contributed by atoms with van der Waals surface area (Å²) in [6.45, 7) is 0. The number of hydrogen-bond donors (Lipinski definition) is 0. The molecule has 0 amide bonds. The number of carbonyl (C=O) groups excluding carboxylic acids is 1. The minimum absolute atomic E-state index is 0.397. The molecule has 0 atom stereocenters. The molecule has 0 saturated heterocycles. The van der Waals surface area contributed by atoms with Crippen LogP contribution in [-0.2, 0) is 4.79 Å². The van der Waals surface area contributed by atoms with Crippen LogP contribution in [0.25, 0.3) is 10.6 Å². The number of carbonyl (C=O) groups is 1. The number of hydrogen-bond acceptors (Lipinski definition) is 1. The fraction of sp³-hybridized carbons (Fsp3) is 0. The van der Waals surface area contributed by atoms with Crippen LogP contribution in [0.2, 0.25) is 5.02 Å². The molecule has 3 heteroatoms. The first-order valence-corrected chi connectivity index (χ1v) is 6.15. The van der Waals surface area contributed by atoms with Gasteiger partial charge < -0.3 is 0 Å². The Kier molecular flexibility index (Phi) is 4.19. The van der Waals surface area contributed by atoms with Gasteiger partial charge in [0, 0.05) is 16.2 Å². The Morgan fingerprint density at radius 2 is 1.56 bits per heavy atom. The third kappa shape index (κ3) is 2.63. The zero-order chi connectivity index (χ0) is 13.0. The highest BCUT2D eigenvalue weighted by molar-refractivity contribution is 6.56. The van der Waals surface area contributed by atoms with Gasteiger partial charge in [0.05, 0.1) is 5.03 Å². The van der Waals surface area contributed by atoms with Gasteiger partial charge in [-0.1, -0.05) is 71.7 Å². The summed E-state index contributed by atoms with van der Waals surface area (Å²) in [4.78, 5) is 11.3. The Morgan fingerprint density at radius 3 is 2.17 bits per heavy atom. The number of aldehydes is 1. The normalized spacial score (nSPS) is 11.9. The van der Waals surface area contributed by atoms with Crippen LogP contribution in [0.1, 0.15) is 11.1 Å². The molecule has 0 unspecified atom stereocenters. The molecule has 0 aromatic heterocycles. The molecule has 0 heterocycles. The van der Waals surface area contributed by atoms with Crippen LogP contribution in [0, 0.1) is 0 Å². The first-order chi connectivity index (χ1) is 8.74. The van der Waals surface area contributed by atoms with E-state index in [9.17, 15) is 4.79 Å². The van der Waals surface area contributed by atoms with Gasteiger partial charge in [0.2, 0.25) is 0 Å². The molecular formula is C15H10Cl2O. The van der Waals surface area contributed by atoms with Gasteiger partial charge in [0.25, 0.3) is 0 Å². The largest absolute Gasteiger partial charge is 0.298 e. The fourth-order valence-electron chi connectivity index (χ4n) is 1.65. The summed E-state index contributed by atoms with van der Waals surface area (Å²) < 4.78 is 0. The van der Waals surface area contributed by atoms with E-state index in [1.807, 2.05) is 42.5 Å². The van der Waals surface area contributed by atoms with E-state index >= 15 is 0 Å². The van der Waals surface area contributed by atoms with Crippen LogP contribution in [-0.4, -0.2) is 6.29 Å². The molecule has 0 N–H and O–H groups in total. The van der Waals surface area contributed by atoms with Gasteiger partial charge in [-0.3, -0.25) is 4.79 Å². The van der Waals surface area contributed by atoms with Gasteiger partial charge in [0.1, 0.15) is 0 Å². The van der Waals surface area contributed by atoms with Gasteiger partial charge in [-0.25, -0.2) is 0 Å². The van der Waals surface area contributed by atoms with Crippen molar-refractivity contribution in [2.45, 2.75) is 0 Å². The molecule has 0 radical (unpaired) electrons. The fourth-order valence-corrected chi connectivity index (χ4v) is 2.16. The van der Waals surface area contributed by atoms with Crippen LogP contribution < -0.4 is 0 Å². The van der Waals surface area contributed by atoms with Crippen LogP contribution in [0.3, 0.4) is 0 Å². The highest BCUT2D eigenvalue weighted by atomic mass is 35.5. The first-order valence-electron chi connectivity index (χ1n) is 5.39. The van der Waals surface area contributed by atoms with Crippen molar-refractivity contribution in [3.05, 3.63) is 70.7 Å². The Hall–Kier alpha value is -1.57. The van der Waals surface area contributed by atoms with Crippen molar-refractivity contribution in [2.75, 3.05) is 0 Å². The van der Waals surface area contributed by atoms with Crippen molar-refractivity contribution < 1.29 is 4.79 Å². The Morgan fingerprint density at radius 1 is 0.944 bits per heavy atom. The predicted molar refractivity (Wildman–Crippen MR) is 76.6 cm³/mol. The molecule has 2 aromatic carbocycles.